The van der Waals surface area contributed by atoms with E-state index >= 15 is 0 Å². The van der Waals surface area contributed by atoms with Crippen molar-refractivity contribution < 1.29 is 13.9 Å². The molecule has 2 N–H and O–H groups in total. The van der Waals surface area contributed by atoms with Gasteiger partial charge in [0.2, 0.25) is 0 Å². The number of urea groups is 1. The number of hydrogen-bond donors (Lipinski definition) is 2. The molecule has 6 nitrogen and oxygen atoms in total. The lowest BCUT2D eigenvalue weighted by Crippen LogP contribution is -2.34. The Morgan fingerprint density at radius 3 is 3.09 bits per heavy atom. The number of methoxy groups -OCH3 is 1. The number of thiazole rings is 1. The highest BCUT2D eigenvalue weighted by Gasteiger charge is 2.19. The Bertz CT molecular complexity index is 601. The number of ether oxygens (including phenoxy) is 1. The maximum absolute atomic E-state index is 12.2. The van der Waals surface area contributed by atoms with Crippen LogP contribution in [0.5, 0.6) is 0 Å². The van der Waals surface area contributed by atoms with Gasteiger partial charge in [-0.15, -0.1) is 11.3 Å². The van der Waals surface area contributed by atoms with Gasteiger partial charge < -0.3 is 14.5 Å². The average molecular weight is 321 g/mol. The number of amides is 2. The number of nitrogens with zero attached hydrogens (tertiary/aromatic N) is 1. The largest absolute Gasteiger partial charge is 0.467 e. The molecule has 0 unspecified atom stereocenters. The van der Waals surface area contributed by atoms with E-state index in [4.69, 9.17) is 9.15 Å². The summed E-state index contributed by atoms with van der Waals surface area (Å²) in [5.41, 5.74) is 1.13. The van der Waals surface area contributed by atoms with Crippen molar-refractivity contribution in [2.75, 3.05) is 19.0 Å². The van der Waals surface area contributed by atoms with Gasteiger partial charge >= 0.3 is 6.03 Å². The number of anilines is 1. The molecule has 2 aromatic heterocycles. The molecule has 0 aliphatic heterocycles. The maximum Gasteiger partial charge on any atom is 0.321 e. The van der Waals surface area contributed by atoms with Gasteiger partial charge in [0.25, 0.3) is 0 Å². The van der Waals surface area contributed by atoms with Crippen LogP contribution in [-0.2, 0) is 17.6 Å². The minimum atomic E-state index is -0.324. The number of furan rings is 1. The van der Waals surface area contributed by atoms with Crippen LogP contribution >= 0.6 is 11.3 Å². The quantitative estimate of drug-likeness (QED) is 0.887. The standard InChI is InChI=1S/C15H19N3O3S/c1-20-9-11(12-6-4-8-21-12)16-14(19)18-15-17-10-5-2-3-7-13(10)22-15/h4,6,8,11H,2-3,5,7,9H2,1H3,(H2,16,17,18,19)/t11-/m1/s1. The summed E-state index contributed by atoms with van der Waals surface area (Å²) in [7, 11) is 1.59. The number of aryl methyl sites for hydroxylation is 2. The topological polar surface area (TPSA) is 76.4 Å². The first-order valence-corrected chi connectivity index (χ1v) is 8.16. The highest BCUT2D eigenvalue weighted by Crippen LogP contribution is 2.29. The second-order valence-corrected chi connectivity index (χ2v) is 6.30. The molecule has 1 aliphatic carbocycles. The zero-order valence-corrected chi connectivity index (χ0v) is 13.2. The van der Waals surface area contributed by atoms with Crippen LogP contribution in [0.15, 0.2) is 22.8 Å². The van der Waals surface area contributed by atoms with Crippen LogP contribution in [0.25, 0.3) is 0 Å². The summed E-state index contributed by atoms with van der Waals surface area (Å²) in [6, 6.07) is 2.97. The van der Waals surface area contributed by atoms with E-state index in [2.05, 4.69) is 15.6 Å². The summed E-state index contributed by atoms with van der Waals surface area (Å²) >= 11 is 1.56. The molecule has 1 atom stereocenters. The van der Waals surface area contributed by atoms with Crippen LogP contribution < -0.4 is 10.6 Å². The monoisotopic (exact) mass is 321 g/mol. The van der Waals surface area contributed by atoms with Crippen LogP contribution in [0.2, 0.25) is 0 Å². The summed E-state index contributed by atoms with van der Waals surface area (Å²) in [5, 5.41) is 6.31. The van der Waals surface area contributed by atoms with Gasteiger partial charge in [0.1, 0.15) is 11.8 Å². The number of aromatic nitrogens is 1. The molecule has 2 aromatic rings. The first-order chi connectivity index (χ1) is 10.8. The van der Waals surface area contributed by atoms with Crippen LogP contribution in [0.4, 0.5) is 9.93 Å². The first-order valence-electron chi connectivity index (χ1n) is 7.34. The van der Waals surface area contributed by atoms with Gasteiger partial charge in [-0.1, -0.05) is 0 Å². The van der Waals surface area contributed by atoms with Crippen molar-refractivity contribution in [2.24, 2.45) is 0 Å². The first kappa shape index (κ1) is 15.1. The van der Waals surface area contributed by atoms with E-state index in [1.54, 1.807) is 30.8 Å². The Hall–Kier alpha value is -1.86. The molecule has 2 heterocycles. The molecule has 0 aromatic carbocycles. The van der Waals surface area contributed by atoms with Gasteiger partial charge in [0.05, 0.1) is 18.6 Å². The highest BCUT2D eigenvalue weighted by molar-refractivity contribution is 7.15. The number of carbonyl (C=O) groups is 1. The molecule has 2 amide bonds. The Labute approximate surface area is 132 Å². The molecule has 0 bridgehead atoms. The van der Waals surface area contributed by atoms with E-state index < -0.39 is 0 Å². The molecule has 118 valence electrons. The van der Waals surface area contributed by atoms with Crippen LogP contribution in [0, 0.1) is 0 Å². The Morgan fingerprint density at radius 1 is 1.50 bits per heavy atom. The third-order valence-electron chi connectivity index (χ3n) is 3.59. The Balaban J connectivity index is 1.62. The van der Waals surface area contributed by atoms with Crippen molar-refractivity contribution in [1.29, 1.82) is 0 Å². The van der Waals surface area contributed by atoms with E-state index in [9.17, 15) is 4.79 Å². The molecular weight excluding hydrogens is 302 g/mol. The lowest BCUT2D eigenvalue weighted by Gasteiger charge is -2.15. The van der Waals surface area contributed by atoms with Gasteiger partial charge in [0, 0.05) is 12.0 Å². The maximum atomic E-state index is 12.2. The fourth-order valence-corrected chi connectivity index (χ4v) is 3.59. The lowest BCUT2D eigenvalue weighted by molar-refractivity contribution is 0.159. The number of fused-ring (bicyclic) bond motifs is 1. The highest BCUT2D eigenvalue weighted by atomic mass is 32.1. The number of rotatable bonds is 5. The number of carbonyl (C=O) groups excluding carboxylic acids is 1. The SMILES string of the molecule is COC[C@@H](NC(=O)Nc1nc2c(s1)CCCC2)c1ccco1. The minimum Gasteiger partial charge on any atom is -0.467 e. The van der Waals surface area contributed by atoms with Crippen molar-refractivity contribution >= 4 is 22.5 Å². The minimum absolute atomic E-state index is 0.301. The molecule has 7 heteroatoms. The van der Waals surface area contributed by atoms with Gasteiger partial charge in [-0.05, 0) is 37.8 Å². The van der Waals surface area contributed by atoms with Gasteiger partial charge in [-0.25, -0.2) is 9.78 Å². The number of hydrogen-bond acceptors (Lipinski definition) is 5. The third kappa shape index (κ3) is 3.48. The Morgan fingerprint density at radius 2 is 2.36 bits per heavy atom. The van der Waals surface area contributed by atoms with Crippen LogP contribution in [-0.4, -0.2) is 24.7 Å². The second kappa shape index (κ2) is 6.93. The zero-order chi connectivity index (χ0) is 15.4. The van der Waals surface area contributed by atoms with Crippen molar-refractivity contribution in [3.63, 3.8) is 0 Å². The molecule has 22 heavy (non-hydrogen) atoms. The summed E-state index contributed by atoms with van der Waals surface area (Å²) in [4.78, 5) is 17.9. The molecular formula is C15H19N3O3S. The average Bonchev–Trinajstić information content (AvgIpc) is 3.15. The summed E-state index contributed by atoms with van der Waals surface area (Å²) in [6.07, 6.45) is 6.03. The van der Waals surface area contributed by atoms with E-state index in [1.165, 1.54) is 17.7 Å². The molecule has 1 aliphatic rings. The van der Waals surface area contributed by atoms with E-state index in [1.807, 2.05) is 6.07 Å². The normalized spacial score (nSPS) is 15.1. The summed E-state index contributed by atoms with van der Waals surface area (Å²) in [5.74, 6) is 0.662. The molecule has 0 radical (unpaired) electrons. The smallest absolute Gasteiger partial charge is 0.321 e. The van der Waals surface area contributed by atoms with E-state index in [0.717, 1.165) is 18.5 Å². The number of nitrogens with one attached hydrogen (secondary N) is 2. The zero-order valence-electron chi connectivity index (χ0n) is 12.4. The Kier molecular flexibility index (Phi) is 4.74. The van der Waals surface area contributed by atoms with Gasteiger partial charge in [0.15, 0.2) is 5.13 Å². The molecule has 3 rings (SSSR count). The fraction of sp³-hybridized carbons (Fsp3) is 0.467. The molecule has 0 saturated heterocycles. The summed E-state index contributed by atoms with van der Waals surface area (Å²) in [6.45, 7) is 0.343. The predicted octanol–water partition coefficient (Wildman–Crippen LogP) is 3.12. The third-order valence-corrected chi connectivity index (χ3v) is 4.66. The van der Waals surface area contributed by atoms with Gasteiger partial charge in [-0.3, -0.25) is 5.32 Å². The lowest BCUT2D eigenvalue weighted by atomic mass is 10.0. The predicted molar refractivity (Wildman–Crippen MR) is 84.2 cm³/mol. The van der Waals surface area contributed by atoms with E-state index in [0.29, 0.717) is 17.5 Å². The molecule has 0 saturated carbocycles. The van der Waals surface area contributed by atoms with Crippen molar-refractivity contribution in [2.45, 2.75) is 31.7 Å². The van der Waals surface area contributed by atoms with Crippen LogP contribution in [0.3, 0.4) is 0 Å². The second-order valence-electron chi connectivity index (χ2n) is 5.22. The van der Waals surface area contributed by atoms with Gasteiger partial charge in [-0.2, -0.15) is 0 Å². The van der Waals surface area contributed by atoms with Crippen molar-refractivity contribution in [1.82, 2.24) is 10.3 Å². The van der Waals surface area contributed by atoms with E-state index in [-0.39, 0.29) is 12.1 Å². The molecule has 0 fully saturated rings. The van der Waals surface area contributed by atoms with Crippen molar-refractivity contribution in [3.8, 4) is 0 Å². The fourth-order valence-electron chi connectivity index (χ4n) is 2.55. The molecule has 0 spiro atoms. The summed E-state index contributed by atoms with van der Waals surface area (Å²) < 4.78 is 10.5. The van der Waals surface area contributed by atoms with Crippen LogP contribution in [0.1, 0.15) is 35.2 Å². The van der Waals surface area contributed by atoms with Crippen molar-refractivity contribution in [3.05, 3.63) is 34.7 Å².